The molecule has 1 aromatic heterocycles. The Balaban J connectivity index is 1.89. The van der Waals surface area contributed by atoms with Crippen LogP contribution in [0.3, 0.4) is 0 Å². The molecule has 0 radical (unpaired) electrons. The van der Waals surface area contributed by atoms with Crippen LogP contribution in [0.1, 0.15) is 30.3 Å². The summed E-state index contributed by atoms with van der Waals surface area (Å²) in [5, 5.41) is 0. The molecule has 1 atom stereocenters. The molecule has 1 unspecified atom stereocenters. The first kappa shape index (κ1) is 13.9. The number of carbonyl (C=O) groups excluding carboxylic acids is 1. The number of piperidine rings is 1. The average molecular weight is 267 g/mol. The van der Waals surface area contributed by atoms with E-state index in [4.69, 9.17) is 4.74 Å². The Hall–Kier alpha value is -1.56. The van der Waals surface area contributed by atoms with Gasteiger partial charge < -0.3 is 19.6 Å². The van der Waals surface area contributed by atoms with E-state index >= 15 is 0 Å². The standard InChI is InChI=1S/C13H21N3O3/c1-9(8-19-2)10-3-5-16(6-4-10)12(17)11-7-14-13(18)15-11/h7,9-10H,3-6,8H2,1-2H3,(H2,14,15,18). The zero-order valence-electron chi connectivity index (χ0n) is 11.4. The van der Waals surface area contributed by atoms with Crippen LogP contribution in [0.4, 0.5) is 0 Å². The summed E-state index contributed by atoms with van der Waals surface area (Å²) in [5.41, 5.74) is 0.000317. The summed E-state index contributed by atoms with van der Waals surface area (Å²) in [4.78, 5) is 29.9. The maximum absolute atomic E-state index is 12.1. The van der Waals surface area contributed by atoms with Gasteiger partial charge in [-0.3, -0.25) is 4.79 Å². The van der Waals surface area contributed by atoms with Crippen LogP contribution >= 0.6 is 0 Å². The molecule has 6 heteroatoms. The lowest BCUT2D eigenvalue weighted by atomic mass is 9.86. The minimum Gasteiger partial charge on any atom is -0.384 e. The van der Waals surface area contributed by atoms with E-state index < -0.39 is 0 Å². The summed E-state index contributed by atoms with van der Waals surface area (Å²) in [5.74, 6) is 1.03. The van der Waals surface area contributed by atoms with Crippen molar-refractivity contribution in [3.05, 3.63) is 22.4 Å². The van der Waals surface area contributed by atoms with Gasteiger partial charge in [-0.2, -0.15) is 0 Å². The third-order valence-corrected chi connectivity index (χ3v) is 3.89. The molecule has 1 aliphatic heterocycles. The SMILES string of the molecule is COCC(C)C1CCN(C(=O)c2c[nH]c(=O)[nH]2)CC1. The fraction of sp³-hybridized carbons (Fsp3) is 0.692. The third-order valence-electron chi connectivity index (χ3n) is 3.89. The number of ether oxygens (including phenoxy) is 1. The first-order chi connectivity index (χ1) is 9.11. The van der Waals surface area contributed by atoms with E-state index in [0.29, 0.717) is 17.5 Å². The molecule has 1 aromatic rings. The molecule has 0 spiro atoms. The number of aromatic nitrogens is 2. The van der Waals surface area contributed by atoms with Gasteiger partial charge in [-0.25, -0.2) is 4.79 Å². The van der Waals surface area contributed by atoms with Crippen LogP contribution in [0.25, 0.3) is 0 Å². The van der Waals surface area contributed by atoms with E-state index in [1.165, 1.54) is 6.20 Å². The highest BCUT2D eigenvalue weighted by Gasteiger charge is 2.27. The number of amides is 1. The van der Waals surface area contributed by atoms with Crippen molar-refractivity contribution >= 4 is 5.91 Å². The summed E-state index contributed by atoms with van der Waals surface area (Å²) in [7, 11) is 1.72. The van der Waals surface area contributed by atoms with Gasteiger partial charge in [0.15, 0.2) is 0 Å². The van der Waals surface area contributed by atoms with Gasteiger partial charge in [-0.05, 0) is 24.7 Å². The molecule has 1 amide bonds. The molecule has 19 heavy (non-hydrogen) atoms. The van der Waals surface area contributed by atoms with Gasteiger partial charge in [0.05, 0.1) is 0 Å². The highest BCUT2D eigenvalue weighted by Crippen LogP contribution is 2.25. The fourth-order valence-electron chi connectivity index (χ4n) is 2.69. The zero-order chi connectivity index (χ0) is 13.8. The van der Waals surface area contributed by atoms with E-state index in [0.717, 1.165) is 32.5 Å². The molecule has 0 saturated carbocycles. The van der Waals surface area contributed by atoms with Crippen LogP contribution in [0, 0.1) is 11.8 Å². The Morgan fingerprint density at radius 1 is 1.53 bits per heavy atom. The number of nitrogens with zero attached hydrogens (tertiary/aromatic N) is 1. The second kappa shape index (κ2) is 6.06. The summed E-state index contributed by atoms with van der Waals surface area (Å²) in [6.07, 6.45) is 3.42. The van der Waals surface area contributed by atoms with Gasteiger partial charge in [0.2, 0.25) is 0 Å². The number of H-pyrrole nitrogens is 2. The molecule has 1 fully saturated rings. The van der Waals surface area contributed by atoms with Crippen molar-refractivity contribution in [2.45, 2.75) is 19.8 Å². The number of rotatable bonds is 4. The summed E-state index contributed by atoms with van der Waals surface area (Å²) < 4.78 is 5.18. The van der Waals surface area contributed by atoms with E-state index in [1.54, 1.807) is 12.0 Å². The molecule has 2 heterocycles. The molecular formula is C13H21N3O3. The summed E-state index contributed by atoms with van der Waals surface area (Å²) >= 11 is 0. The van der Waals surface area contributed by atoms with Gasteiger partial charge in [0.25, 0.3) is 5.91 Å². The van der Waals surface area contributed by atoms with E-state index in [-0.39, 0.29) is 11.6 Å². The number of likely N-dealkylation sites (tertiary alicyclic amines) is 1. The number of hydrogen-bond donors (Lipinski definition) is 2. The molecule has 6 nitrogen and oxygen atoms in total. The van der Waals surface area contributed by atoms with Crippen molar-refractivity contribution < 1.29 is 9.53 Å². The molecular weight excluding hydrogens is 246 g/mol. The van der Waals surface area contributed by atoms with Crippen LogP contribution < -0.4 is 5.69 Å². The Kier molecular flexibility index (Phi) is 4.42. The molecule has 0 aromatic carbocycles. The number of aromatic amines is 2. The predicted molar refractivity (Wildman–Crippen MR) is 71.1 cm³/mol. The fourth-order valence-corrected chi connectivity index (χ4v) is 2.69. The van der Waals surface area contributed by atoms with Gasteiger partial charge in [-0.1, -0.05) is 6.92 Å². The zero-order valence-corrected chi connectivity index (χ0v) is 11.4. The topological polar surface area (TPSA) is 78.2 Å². The lowest BCUT2D eigenvalue weighted by Gasteiger charge is -2.34. The van der Waals surface area contributed by atoms with Crippen molar-refractivity contribution in [3.63, 3.8) is 0 Å². The predicted octanol–water partition coefficient (Wildman–Crippen LogP) is 0.838. The van der Waals surface area contributed by atoms with E-state index in [9.17, 15) is 9.59 Å². The highest BCUT2D eigenvalue weighted by molar-refractivity contribution is 5.92. The molecule has 1 saturated heterocycles. The minimum absolute atomic E-state index is 0.101. The Morgan fingerprint density at radius 3 is 2.74 bits per heavy atom. The molecule has 1 aliphatic rings. The highest BCUT2D eigenvalue weighted by atomic mass is 16.5. The maximum atomic E-state index is 12.1. The number of carbonyl (C=O) groups is 1. The van der Waals surface area contributed by atoms with Crippen molar-refractivity contribution in [3.8, 4) is 0 Å². The van der Waals surface area contributed by atoms with Crippen molar-refractivity contribution in [2.75, 3.05) is 26.8 Å². The monoisotopic (exact) mass is 267 g/mol. The first-order valence-corrected chi connectivity index (χ1v) is 6.67. The second-order valence-corrected chi connectivity index (χ2v) is 5.22. The lowest BCUT2D eigenvalue weighted by molar-refractivity contribution is 0.0594. The molecule has 106 valence electrons. The van der Waals surface area contributed by atoms with Crippen molar-refractivity contribution in [1.29, 1.82) is 0 Å². The minimum atomic E-state index is -0.341. The Labute approximate surface area is 112 Å². The van der Waals surface area contributed by atoms with Gasteiger partial charge in [0, 0.05) is 33.0 Å². The first-order valence-electron chi connectivity index (χ1n) is 6.67. The quantitative estimate of drug-likeness (QED) is 0.848. The molecule has 2 rings (SSSR count). The summed E-state index contributed by atoms with van der Waals surface area (Å²) in [6, 6.07) is 0. The van der Waals surface area contributed by atoms with Crippen molar-refractivity contribution in [2.24, 2.45) is 11.8 Å². The van der Waals surface area contributed by atoms with Crippen LogP contribution in [0.15, 0.2) is 11.0 Å². The second-order valence-electron chi connectivity index (χ2n) is 5.22. The van der Waals surface area contributed by atoms with Crippen LogP contribution in [0.5, 0.6) is 0 Å². The van der Waals surface area contributed by atoms with Crippen LogP contribution in [0.2, 0.25) is 0 Å². The largest absolute Gasteiger partial charge is 0.384 e. The van der Waals surface area contributed by atoms with Gasteiger partial charge in [-0.15, -0.1) is 0 Å². The lowest BCUT2D eigenvalue weighted by Crippen LogP contribution is -2.40. The third kappa shape index (κ3) is 3.26. The van der Waals surface area contributed by atoms with Gasteiger partial charge >= 0.3 is 5.69 Å². The van der Waals surface area contributed by atoms with E-state index in [1.807, 2.05) is 0 Å². The number of nitrogens with one attached hydrogen (secondary N) is 2. The number of hydrogen-bond acceptors (Lipinski definition) is 3. The van der Waals surface area contributed by atoms with Crippen molar-refractivity contribution in [1.82, 2.24) is 14.9 Å². The smallest absolute Gasteiger partial charge is 0.323 e. The van der Waals surface area contributed by atoms with E-state index in [2.05, 4.69) is 16.9 Å². The average Bonchev–Trinajstić information content (AvgIpc) is 2.85. The van der Waals surface area contributed by atoms with Gasteiger partial charge in [0.1, 0.15) is 5.69 Å². The summed E-state index contributed by atoms with van der Waals surface area (Å²) in [6.45, 7) is 4.44. The van der Waals surface area contributed by atoms with Crippen LogP contribution in [-0.2, 0) is 4.74 Å². The molecule has 2 N–H and O–H groups in total. The Morgan fingerprint density at radius 2 is 2.21 bits per heavy atom. The normalized spacial score (nSPS) is 18.5. The molecule has 0 bridgehead atoms. The Bertz CT molecular complexity index is 471. The number of methoxy groups -OCH3 is 1. The maximum Gasteiger partial charge on any atom is 0.323 e. The van der Waals surface area contributed by atoms with Crippen LogP contribution in [-0.4, -0.2) is 47.6 Å². The number of imidazole rings is 1. The molecule has 0 aliphatic carbocycles.